The number of aromatic nitrogens is 3. The molecule has 7 nitrogen and oxygen atoms in total. The SMILES string of the molecule is CCOC1CC(C(=O)N[C@@H]2CCCC[C@@H]2Cc2n[nH]c(=O)n2C)C1. The summed E-state index contributed by atoms with van der Waals surface area (Å²) in [6, 6.07) is 0.184. The fraction of sp³-hybridized carbons (Fsp3) is 0.824. The van der Waals surface area contributed by atoms with Crippen LogP contribution in [0.4, 0.5) is 0 Å². The average molecular weight is 336 g/mol. The number of nitrogens with one attached hydrogen (secondary N) is 2. The standard InChI is InChI=1S/C17H28N4O3/c1-3-24-13-8-12(9-13)16(22)18-14-7-5-4-6-11(14)10-15-19-20-17(23)21(15)2/h11-14H,3-10H2,1-2H3,(H,18,22)(H,20,23)/t11-,12?,13?,14-/m1/s1. The molecule has 1 aromatic heterocycles. The highest BCUT2D eigenvalue weighted by molar-refractivity contribution is 5.80. The van der Waals surface area contributed by atoms with Gasteiger partial charge in [0, 0.05) is 32.0 Å². The van der Waals surface area contributed by atoms with Crippen molar-refractivity contribution in [3.8, 4) is 0 Å². The maximum atomic E-state index is 12.5. The molecule has 2 aliphatic rings. The van der Waals surface area contributed by atoms with Crippen LogP contribution in [0.15, 0.2) is 4.79 Å². The highest BCUT2D eigenvalue weighted by Crippen LogP contribution is 2.32. The molecule has 1 amide bonds. The van der Waals surface area contributed by atoms with E-state index in [2.05, 4.69) is 15.5 Å². The summed E-state index contributed by atoms with van der Waals surface area (Å²) in [6.07, 6.45) is 7.06. The minimum absolute atomic E-state index is 0.0962. The van der Waals surface area contributed by atoms with Crippen molar-refractivity contribution in [1.82, 2.24) is 20.1 Å². The van der Waals surface area contributed by atoms with Crippen molar-refractivity contribution in [2.24, 2.45) is 18.9 Å². The number of ether oxygens (including phenoxy) is 1. The Morgan fingerprint density at radius 3 is 2.79 bits per heavy atom. The minimum Gasteiger partial charge on any atom is -0.378 e. The zero-order valence-electron chi connectivity index (χ0n) is 14.6. The first-order valence-electron chi connectivity index (χ1n) is 9.10. The van der Waals surface area contributed by atoms with Gasteiger partial charge in [-0.3, -0.25) is 9.36 Å². The zero-order valence-corrected chi connectivity index (χ0v) is 14.6. The smallest absolute Gasteiger partial charge is 0.343 e. The second kappa shape index (κ2) is 7.51. The Kier molecular flexibility index (Phi) is 5.38. The van der Waals surface area contributed by atoms with E-state index in [9.17, 15) is 9.59 Å². The van der Waals surface area contributed by atoms with E-state index in [1.807, 2.05) is 6.92 Å². The quantitative estimate of drug-likeness (QED) is 0.815. The molecule has 0 saturated heterocycles. The van der Waals surface area contributed by atoms with E-state index in [0.29, 0.717) is 12.5 Å². The molecule has 1 heterocycles. The van der Waals surface area contributed by atoms with Crippen molar-refractivity contribution < 1.29 is 9.53 Å². The first-order chi connectivity index (χ1) is 11.6. The molecule has 3 rings (SSSR count). The van der Waals surface area contributed by atoms with Gasteiger partial charge in [-0.05, 0) is 38.5 Å². The molecule has 0 bridgehead atoms. The lowest BCUT2D eigenvalue weighted by molar-refractivity contribution is -0.135. The lowest BCUT2D eigenvalue weighted by atomic mass is 9.79. The van der Waals surface area contributed by atoms with Crippen LogP contribution in [0.5, 0.6) is 0 Å². The van der Waals surface area contributed by atoms with Gasteiger partial charge in [-0.1, -0.05) is 12.8 Å². The molecule has 2 aliphatic carbocycles. The number of aromatic amines is 1. The van der Waals surface area contributed by atoms with Crippen molar-refractivity contribution in [2.45, 2.75) is 64.0 Å². The van der Waals surface area contributed by atoms with Crippen LogP contribution in [0, 0.1) is 11.8 Å². The molecular formula is C17H28N4O3. The Balaban J connectivity index is 1.56. The van der Waals surface area contributed by atoms with Gasteiger partial charge < -0.3 is 10.1 Å². The number of hydrogen-bond acceptors (Lipinski definition) is 4. The third-order valence-electron chi connectivity index (χ3n) is 5.52. The van der Waals surface area contributed by atoms with Gasteiger partial charge in [0.1, 0.15) is 5.82 Å². The van der Waals surface area contributed by atoms with Crippen molar-refractivity contribution in [3.05, 3.63) is 16.3 Å². The number of amides is 1. The summed E-state index contributed by atoms with van der Waals surface area (Å²) in [5, 5.41) is 9.86. The van der Waals surface area contributed by atoms with Gasteiger partial charge in [0.2, 0.25) is 5.91 Å². The number of carbonyl (C=O) groups is 1. The van der Waals surface area contributed by atoms with Crippen LogP contribution in [0.1, 0.15) is 51.3 Å². The molecule has 0 radical (unpaired) electrons. The van der Waals surface area contributed by atoms with Gasteiger partial charge in [0.05, 0.1) is 6.10 Å². The maximum Gasteiger partial charge on any atom is 0.343 e. The first-order valence-corrected chi connectivity index (χ1v) is 9.10. The normalized spacial score (nSPS) is 29.9. The molecule has 1 aromatic rings. The van der Waals surface area contributed by atoms with Gasteiger partial charge >= 0.3 is 5.69 Å². The summed E-state index contributed by atoms with van der Waals surface area (Å²) < 4.78 is 7.10. The van der Waals surface area contributed by atoms with E-state index in [-0.39, 0.29) is 29.7 Å². The van der Waals surface area contributed by atoms with E-state index >= 15 is 0 Å². The Morgan fingerprint density at radius 1 is 1.38 bits per heavy atom. The van der Waals surface area contributed by atoms with Crippen molar-refractivity contribution in [2.75, 3.05) is 6.61 Å². The van der Waals surface area contributed by atoms with E-state index in [1.165, 1.54) is 6.42 Å². The largest absolute Gasteiger partial charge is 0.378 e. The van der Waals surface area contributed by atoms with Crippen molar-refractivity contribution in [3.63, 3.8) is 0 Å². The van der Waals surface area contributed by atoms with Crippen LogP contribution in [-0.4, -0.2) is 39.4 Å². The predicted molar refractivity (Wildman–Crippen MR) is 89.6 cm³/mol. The third-order valence-corrected chi connectivity index (χ3v) is 5.52. The van der Waals surface area contributed by atoms with Crippen LogP contribution < -0.4 is 11.0 Å². The molecule has 2 saturated carbocycles. The summed E-state index contributed by atoms with van der Waals surface area (Å²) >= 11 is 0. The van der Waals surface area contributed by atoms with Gasteiger partial charge in [-0.15, -0.1) is 0 Å². The molecule has 7 heteroatoms. The van der Waals surface area contributed by atoms with Crippen LogP contribution in [0.2, 0.25) is 0 Å². The highest BCUT2D eigenvalue weighted by Gasteiger charge is 2.37. The van der Waals surface area contributed by atoms with Crippen LogP contribution in [-0.2, 0) is 23.0 Å². The summed E-state index contributed by atoms with van der Waals surface area (Å²) in [5.74, 6) is 1.38. The highest BCUT2D eigenvalue weighted by atomic mass is 16.5. The summed E-state index contributed by atoms with van der Waals surface area (Å²) in [6.45, 7) is 2.70. The van der Waals surface area contributed by atoms with E-state index in [0.717, 1.165) is 44.3 Å². The topological polar surface area (TPSA) is 89.0 Å². The summed E-state index contributed by atoms with van der Waals surface area (Å²) in [4.78, 5) is 24.0. The fourth-order valence-corrected chi connectivity index (χ4v) is 3.89. The molecule has 24 heavy (non-hydrogen) atoms. The lowest BCUT2D eigenvalue weighted by Gasteiger charge is -2.37. The molecule has 2 atom stereocenters. The molecule has 0 aromatic carbocycles. The molecule has 0 aliphatic heterocycles. The van der Waals surface area contributed by atoms with E-state index in [4.69, 9.17) is 4.74 Å². The Morgan fingerprint density at radius 2 is 2.12 bits per heavy atom. The molecule has 2 N–H and O–H groups in total. The molecule has 0 spiro atoms. The number of H-pyrrole nitrogens is 1. The van der Waals surface area contributed by atoms with E-state index < -0.39 is 0 Å². The third kappa shape index (κ3) is 3.71. The van der Waals surface area contributed by atoms with Crippen molar-refractivity contribution in [1.29, 1.82) is 0 Å². The maximum absolute atomic E-state index is 12.5. The Bertz CT molecular complexity index is 618. The Labute approximate surface area is 142 Å². The fourth-order valence-electron chi connectivity index (χ4n) is 3.89. The van der Waals surface area contributed by atoms with Gasteiger partial charge in [-0.2, -0.15) is 5.10 Å². The minimum atomic E-state index is -0.183. The van der Waals surface area contributed by atoms with E-state index in [1.54, 1.807) is 11.6 Å². The first kappa shape index (κ1) is 17.2. The van der Waals surface area contributed by atoms with Crippen LogP contribution >= 0.6 is 0 Å². The summed E-state index contributed by atoms with van der Waals surface area (Å²) in [5.41, 5.74) is -0.183. The predicted octanol–water partition coefficient (Wildman–Crippen LogP) is 1.14. The average Bonchev–Trinajstić information content (AvgIpc) is 2.84. The van der Waals surface area contributed by atoms with Gasteiger partial charge in [0.25, 0.3) is 0 Å². The second-order valence-corrected chi connectivity index (χ2v) is 7.11. The Hall–Kier alpha value is -1.63. The second-order valence-electron chi connectivity index (χ2n) is 7.11. The van der Waals surface area contributed by atoms with Gasteiger partial charge in [0.15, 0.2) is 0 Å². The number of hydrogen-bond donors (Lipinski definition) is 2. The zero-order chi connectivity index (χ0) is 17.1. The number of carbonyl (C=O) groups excluding carboxylic acids is 1. The monoisotopic (exact) mass is 336 g/mol. The van der Waals surface area contributed by atoms with Gasteiger partial charge in [-0.25, -0.2) is 9.89 Å². The van der Waals surface area contributed by atoms with Crippen molar-refractivity contribution >= 4 is 5.91 Å². The number of rotatable bonds is 6. The summed E-state index contributed by atoms with van der Waals surface area (Å²) in [7, 11) is 1.74. The molecular weight excluding hydrogens is 308 g/mol. The lowest BCUT2D eigenvalue weighted by Crippen LogP contribution is -2.49. The van der Waals surface area contributed by atoms with Crippen LogP contribution in [0.25, 0.3) is 0 Å². The number of nitrogens with zero attached hydrogens (tertiary/aromatic N) is 2. The van der Waals surface area contributed by atoms with Crippen LogP contribution in [0.3, 0.4) is 0 Å². The molecule has 2 fully saturated rings. The molecule has 134 valence electrons. The molecule has 0 unspecified atom stereocenters.